The van der Waals surface area contributed by atoms with Crippen molar-refractivity contribution in [1.29, 1.82) is 0 Å². The van der Waals surface area contributed by atoms with E-state index in [1.54, 1.807) is 6.34 Å². The summed E-state index contributed by atoms with van der Waals surface area (Å²) in [4.78, 5) is 14.8. The Hall–Kier alpha value is -1.50. The first-order valence-electron chi connectivity index (χ1n) is 5.91. The van der Waals surface area contributed by atoms with Crippen LogP contribution >= 0.6 is 15.9 Å². The van der Waals surface area contributed by atoms with E-state index in [1.165, 1.54) is 6.33 Å². The van der Waals surface area contributed by atoms with Crippen molar-refractivity contribution in [3.05, 3.63) is 10.9 Å². The van der Waals surface area contributed by atoms with Gasteiger partial charge in [-0.05, 0) is 36.7 Å². The van der Waals surface area contributed by atoms with Gasteiger partial charge in [0.1, 0.15) is 10.9 Å². The van der Waals surface area contributed by atoms with Crippen LogP contribution in [0.25, 0.3) is 11.0 Å². The summed E-state index contributed by atoms with van der Waals surface area (Å²) in [5.74, 6) is 0.612. The maximum absolute atomic E-state index is 4.49. The van der Waals surface area contributed by atoms with Crippen molar-refractivity contribution in [2.24, 2.45) is 4.99 Å². The summed E-state index contributed by atoms with van der Waals surface area (Å²) >= 11 is 3.47. The fraction of sp³-hybridized carbons (Fsp3) is 0.500. The quantitative estimate of drug-likeness (QED) is 0.629. The van der Waals surface area contributed by atoms with Gasteiger partial charge in [0.05, 0.1) is 17.3 Å². The molecule has 2 aromatic rings. The first kappa shape index (κ1) is 13.9. The van der Waals surface area contributed by atoms with Crippen LogP contribution in [-0.4, -0.2) is 45.1 Å². The molecular formula is C12H17BrN6. The molecule has 19 heavy (non-hydrogen) atoms. The first-order chi connectivity index (χ1) is 8.80. The number of aromatic nitrogens is 4. The standard InChI is InChI=1S/C12H17BrN6/c1-12(2,3)19-11-8(9(13)17-19)10(14-6-15-11)16-7-18(4)5/h6-7H,1-5H3. The third-order valence-corrected chi connectivity index (χ3v) is 3.00. The molecule has 0 aliphatic rings. The number of aliphatic imine (C=N–C) groups is 1. The third-order valence-electron chi connectivity index (χ3n) is 2.45. The van der Waals surface area contributed by atoms with Gasteiger partial charge in [-0.1, -0.05) is 0 Å². The van der Waals surface area contributed by atoms with Crippen LogP contribution < -0.4 is 0 Å². The highest BCUT2D eigenvalue weighted by molar-refractivity contribution is 9.10. The summed E-state index contributed by atoms with van der Waals surface area (Å²) in [5, 5.41) is 5.32. The zero-order valence-electron chi connectivity index (χ0n) is 11.7. The zero-order chi connectivity index (χ0) is 14.2. The van der Waals surface area contributed by atoms with Gasteiger partial charge in [0, 0.05) is 14.1 Å². The van der Waals surface area contributed by atoms with Crippen LogP contribution in [0.5, 0.6) is 0 Å². The summed E-state index contributed by atoms with van der Waals surface area (Å²) in [5.41, 5.74) is 0.626. The van der Waals surface area contributed by atoms with Crippen LogP contribution in [0.1, 0.15) is 20.8 Å². The van der Waals surface area contributed by atoms with Gasteiger partial charge in [-0.15, -0.1) is 0 Å². The molecule has 102 valence electrons. The van der Waals surface area contributed by atoms with Gasteiger partial charge in [-0.2, -0.15) is 5.10 Å². The van der Waals surface area contributed by atoms with E-state index in [4.69, 9.17) is 0 Å². The van der Waals surface area contributed by atoms with Crippen molar-refractivity contribution in [3.8, 4) is 0 Å². The lowest BCUT2D eigenvalue weighted by Crippen LogP contribution is -2.23. The molecule has 0 radical (unpaired) electrons. The second-order valence-corrected chi connectivity index (χ2v) is 6.23. The first-order valence-corrected chi connectivity index (χ1v) is 6.70. The Balaban J connectivity index is 2.67. The number of fused-ring (bicyclic) bond motifs is 1. The lowest BCUT2D eigenvalue weighted by atomic mass is 10.1. The maximum atomic E-state index is 4.49. The Morgan fingerprint density at radius 2 is 2.00 bits per heavy atom. The Morgan fingerprint density at radius 1 is 1.32 bits per heavy atom. The largest absolute Gasteiger partial charge is 0.369 e. The van der Waals surface area contributed by atoms with E-state index in [2.05, 4.69) is 56.8 Å². The lowest BCUT2D eigenvalue weighted by molar-refractivity contribution is 0.364. The minimum atomic E-state index is -0.152. The second kappa shape index (κ2) is 4.88. The molecule has 0 saturated carbocycles. The van der Waals surface area contributed by atoms with E-state index in [-0.39, 0.29) is 5.54 Å². The summed E-state index contributed by atoms with van der Waals surface area (Å²) in [6, 6.07) is 0. The molecule has 6 nitrogen and oxygen atoms in total. The Kier molecular flexibility index (Phi) is 3.58. The fourth-order valence-corrected chi connectivity index (χ4v) is 2.15. The van der Waals surface area contributed by atoms with Crippen LogP contribution in [-0.2, 0) is 5.54 Å². The van der Waals surface area contributed by atoms with E-state index in [9.17, 15) is 0 Å². The van der Waals surface area contributed by atoms with Gasteiger partial charge >= 0.3 is 0 Å². The van der Waals surface area contributed by atoms with Crippen molar-refractivity contribution < 1.29 is 0 Å². The average Bonchev–Trinajstić information content (AvgIpc) is 2.65. The molecule has 0 amide bonds. The number of nitrogens with zero attached hydrogens (tertiary/aromatic N) is 6. The highest BCUT2D eigenvalue weighted by Gasteiger charge is 2.22. The molecule has 7 heteroatoms. The van der Waals surface area contributed by atoms with Gasteiger partial charge in [0.25, 0.3) is 0 Å². The molecular weight excluding hydrogens is 308 g/mol. The highest BCUT2D eigenvalue weighted by Crippen LogP contribution is 2.31. The predicted molar refractivity (Wildman–Crippen MR) is 79.9 cm³/mol. The van der Waals surface area contributed by atoms with E-state index >= 15 is 0 Å². The van der Waals surface area contributed by atoms with Gasteiger partial charge in [0.15, 0.2) is 11.5 Å². The van der Waals surface area contributed by atoms with Gasteiger partial charge in [-0.3, -0.25) is 0 Å². The van der Waals surface area contributed by atoms with E-state index in [0.29, 0.717) is 10.4 Å². The van der Waals surface area contributed by atoms with Crippen molar-refractivity contribution in [2.45, 2.75) is 26.3 Å². The fourth-order valence-electron chi connectivity index (χ4n) is 1.63. The van der Waals surface area contributed by atoms with Crippen molar-refractivity contribution in [2.75, 3.05) is 14.1 Å². The topological polar surface area (TPSA) is 59.2 Å². The summed E-state index contributed by atoms with van der Waals surface area (Å²) in [6.45, 7) is 6.24. The van der Waals surface area contributed by atoms with Crippen molar-refractivity contribution in [3.63, 3.8) is 0 Å². The molecule has 0 atom stereocenters. The molecule has 0 unspecified atom stereocenters. The molecule has 0 aliphatic heterocycles. The normalized spacial score (nSPS) is 12.5. The minimum absolute atomic E-state index is 0.152. The van der Waals surface area contributed by atoms with E-state index in [1.807, 2.05) is 23.7 Å². The Bertz CT molecular complexity index is 623. The highest BCUT2D eigenvalue weighted by atomic mass is 79.9. The smallest absolute Gasteiger partial charge is 0.169 e. The molecule has 0 N–H and O–H groups in total. The molecule has 2 aromatic heterocycles. The third kappa shape index (κ3) is 2.75. The molecule has 0 spiro atoms. The number of hydrogen-bond acceptors (Lipinski definition) is 4. The second-order valence-electron chi connectivity index (χ2n) is 5.48. The number of halogens is 1. The molecule has 0 aromatic carbocycles. The van der Waals surface area contributed by atoms with Crippen molar-refractivity contribution >= 4 is 39.1 Å². The minimum Gasteiger partial charge on any atom is -0.369 e. The average molecular weight is 325 g/mol. The SMILES string of the molecule is CN(C)C=Nc1ncnc2c1c(Br)nn2C(C)(C)C. The molecule has 0 saturated heterocycles. The summed E-state index contributed by atoms with van der Waals surface area (Å²) in [6.07, 6.45) is 3.23. The zero-order valence-corrected chi connectivity index (χ0v) is 13.3. The molecule has 2 rings (SSSR count). The van der Waals surface area contributed by atoms with Gasteiger partial charge in [0.2, 0.25) is 0 Å². The molecule has 2 heterocycles. The Morgan fingerprint density at radius 3 is 2.58 bits per heavy atom. The predicted octanol–water partition coefficient (Wildman–Crippen LogP) is 2.57. The Labute approximate surface area is 120 Å². The maximum Gasteiger partial charge on any atom is 0.169 e. The molecule has 0 bridgehead atoms. The van der Waals surface area contributed by atoms with Crippen LogP contribution in [0, 0.1) is 0 Å². The van der Waals surface area contributed by atoms with E-state index < -0.39 is 0 Å². The van der Waals surface area contributed by atoms with Crippen molar-refractivity contribution in [1.82, 2.24) is 24.6 Å². The van der Waals surface area contributed by atoms with Gasteiger partial charge < -0.3 is 4.90 Å². The summed E-state index contributed by atoms with van der Waals surface area (Å²) < 4.78 is 2.59. The van der Waals surface area contributed by atoms with Crippen LogP contribution in [0.3, 0.4) is 0 Å². The summed E-state index contributed by atoms with van der Waals surface area (Å²) in [7, 11) is 3.82. The lowest BCUT2D eigenvalue weighted by Gasteiger charge is -2.19. The number of rotatable bonds is 2. The monoisotopic (exact) mass is 324 g/mol. The van der Waals surface area contributed by atoms with Gasteiger partial charge in [-0.25, -0.2) is 19.6 Å². The van der Waals surface area contributed by atoms with Crippen LogP contribution in [0.4, 0.5) is 5.82 Å². The molecule has 0 fully saturated rings. The van der Waals surface area contributed by atoms with Crippen LogP contribution in [0.15, 0.2) is 15.9 Å². The van der Waals surface area contributed by atoms with E-state index in [0.717, 1.165) is 11.0 Å². The number of hydrogen-bond donors (Lipinski definition) is 0. The molecule has 0 aliphatic carbocycles. The van der Waals surface area contributed by atoms with Crippen LogP contribution in [0.2, 0.25) is 0 Å².